The Balaban J connectivity index is 0. The maximum Gasteiger partial charge on any atom is 4.00 e. The van der Waals surface area contributed by atoms with Crippen LogP contribution >= 0.6 is 0 Å². The molecular weight excluding hydrogens is 281 g/mol. The second-order valence-corrected chi connectivity index (χ2v) is 0. The molecule has 0 amide bonds. The van der Waals surface area contributed by atoms with Crippen LogP contribution in [-0.2, 0) is 0 Å². The van der Waals surface area contributed by atoms with Gasteiger partial charge in [-0.3, -0.25) is 0 Å². The monoisotopic (exact) mass is 282 g/mol. The molecule has 0 spiro atoms. The minimum Gasteiger partial charge on any atom is -1.00 e. The molecular formula is B4U. The molecule has 0 saturated carbocycles. The maximum absolute atomic E-state index is 0. The summed E-state index contributed by atoms with van der Waals surface area (Å²) in [6.45, 7) is 0. The molecule has 0 rings (SSSR count). The minimum absolute atomic E-state index is 0. The van der Waals surface area contributed by atoms with Gasteiger partial charge in [0.05, 0.1) is 0 Å². The van der Waals surface area contributed by atoms with Crippen molar-refractivity contribution in [3.05, 3.63) is 0 Å². The molecule has 16 valence electrons. The average Bonchev–Trinajstić information content (AvgIpc) is 0. The van der Waals surface area contributed by atoms with Crippen LogP contribution in [0, 0.1) is 31.1 Å². The fourth-order valence-corrected chi connectivity index (χ4v) is 0. The van der Waals surface area contributed by atoms with Crippen molar-refractivity contribution < 1.29 is 31.1 Å². The van der Waals surface area contributed by atoms with E-state index in [1.807, 2.05) is 0 Å². The van der Waals surface area contributed by atoms with Crippen molar-refractivity contribution in [3.8, 4) is 0 Å². The number of hydrogen-bond donors (Lipinski definition) is 0. The van der Waals surface area contributed by atoms with Crippen LogP contribution in [0.2, 0.25) is 0 Å². The molecule has 0 aliphatic heterocycles. The van der Waals surface area contributed by atoms with Crippen LogP contribution in [0.25, 0.3) is 0 Å². The van der Waals surface area contributed by atoms with Gasteiger partial charge in [0, 0.05) is 0 Å². The summed E-state index contributed by atoms with van der Waals surface area (Å²) in [5.41, 5.74) is 0. The third-order valence-corrected chi connectivity index (χ3v) is 0. The van der Waals surface area contributed by atoms with Crippen molar-refractivity contribution in [3.63, 3.8) is 0 Å². The summed E-state index contributed by atoms with van der Waals surface area (Å²) in [4.78, 5) is 0. The molecule has 0 aliphatic carbocycles. The van der Waals surface area contributed by atoms with E-state index in [1.54, 1.807) is 0 Å². The molecule has 0 atom stereocenters. The Morgan fingerprint density at radius 2 is 0.400 bits per heavy atom. The first-order chi connectivity index (χ1) is 0. The molecule has 0 bridgehead atoms. The second-order valence-electron chi connectivity index (χ2n) is 0. The van der Waals surface area contributed by atoms with Gasteiger partial charge >= 0.3 is 31.1 Å². The Kier molecular flexibility index (Phi) is 1190. The molecule has 0 N–H and O–H groups in total. The van der Waals surface area contributed by atoms with Crippen LogP contribution in [0.4, 0.5) is 0 Å². The first-order valence-corrected chi connectivity index (χ1v) is 0. The third kappa shape index (κ3) is 33.9. The van der Waals surface area contributed by atoms with E-state index in [0.29, 0.717) is 0 Å². The summed E-state index contributed by atoms with van der Waals surface area (Å²) in [6, 6.07) is 0. The Hall–Kier alpha value is 1.31. The fourth-order valence-electron chi connectivity index (χ4n) is 0. The summed E-state index contributed by atoms with van der Waals surface area (Å²) in [7, 11) is 0. The first-order valence-electron chi connectivity index (χ1n) is 0. The summed E-state index contributed by atoms with van der Waals surface area (Å²) in [5.74, 6) is 0. The van der Waals surface area contributed by atoms with Crippen molar-refractivity contribution >= 4 is 33.7 Å². The summed E-state index contributed by atoms with van der Waals surface area (Å²) >= 11 is 0. The van der Waals surface area contributed by atoms with Crippen LogP contribution in [-0.4, -0.2) is 33.7 Å². The van der Waals surface area contributed by atoms with Gasteiger partial charge in [-0.1, -0.05) is 0 Å². The summed E-state index contributed by atoms with van der Waals surface area (Å²) in [6.07, 6.45) is 0. The molecule has 0 saturated heterocycles. The zero-order valence-corrected chi connectivity index (χ0v) is 6.97. The normalized spacial score (nSPS) is 0. The van der Waals surface area contributed by atoms with Crippen molar-refractivity contribution in [2.75, 3.05) is 0 Å². The predicted octanol–water partition coefficient (Wildman–Crippen LogP) is -1.52. The van der Waals surface area contributed by atoms with E-state index in [1.165, 1.54) is 0 Å². The van der Waals surface area contributed by atoms with Gasteiger partial charge in [-0.05, 0) is 0 Å². The molecule has 16 radical (unpaired) electrons. The molecule has 5 heavy (non-hydrogen) atoms. The Morgan fingerprint density at radius 3 is 0.400 bits per heavy atom. The van der Waals surface area contributed by atoms with Crippen LogP contribution in [0.5, 0.6) is 0 Å². The molecule has 0 aromatic rings. The summed E-state index contributed by atoms with van der Waals surface area (Å²) in [5, 5.41) is 0. The van der Waals surface area contributed by atoms with Crippen LogP contribution < -0.4 is 0 Å². The van der Waals surface area contributed by atoms with Gasteiger partial charge in [-0.15, -0.1) is 0 Å². The molecule has 0 unspecified atom stereocenters. The zero-order chi connectivity index (χ0) is 0. The average molecular weight is 281 g/mol. The van der Waals surface area contributed by atoms with E-state index in [4.69, 9.17) is 0 Å². The molecule has 0 aliphatic rings. The topological polar surface area (TPSA) is 0 Å². The maximum atomic E-state index is 0. The smallest absolute Gasteiger partial charge is 1.00 e. The van der Waals surface area contributed by atoms with Crippen molar-refractivity contribution in [1.29, 1.82) is 0 Å². The Morgan fingerprint density at radius 1 is 0.400 bits per heavy atom. The molecule has 5 heteroatoms. The largest absolute Gasteiger partial charge is 4.00 e. The fraction of sp³-hybridized carbons (Fsp3) is 0. The van der Waals surface area contributed by atoms with Gasteiger partial charge in [0.2, 0.25) is 0 Å². The number of rotatable bonds is 0. The Bertz CT molecular complexity index is 3.61. The standard InChI is InChI=1S/4B.U/q4*-1;+4. The third-order valence-electron chi connectivity index (χ3n) is 0. The van der Waals surface area contributed by atoms with Crippen LogP contribution in [0.15, 0.2) is 0 Å². The second kappa shape index (κ2) is 57.4. The SMILES string of the molecule is [B-].[B-].[B-].[B-].[U+4]. The van der Waals surface area contributed by atoms with Gasteiger partial charge in [0.15, 0.2) is 0 Å². The molecule has 0 heterocycles. The van der Waals surface area contributed by atoms with E-state index in [2.05, 4.69) is 0 Å². The van der Waals surface area contributed by atoms with Crippen molar-refractivity contribution in [1.82, 2.24) is 0 Å². The van der Waals surface area contributed by atoms with Gasteiger partial charge in [0.25, 0.3) is 0 Å². The molecule has 0 nitrogen and oxygen atoms in total. The minimum atomic E-state index is 0. The van der Waals surface area contributed by atoms with Crippen molar-refractivity contribution in [2.24, 2.45) is 0 Å². The predicted molar refractivity (Wildman–Crippen MR) is 23.0 cm³/mol. The van der Waals surface area contributed by atoms with Gasteiger partial charge in [-0.25, -0.2) is 0 Å². The quantitative estimate of drug-likeness (QED) is 0.473. The Labute approximate surface area is 64.5 Å². The van der Waals surface area contributed by atoms with E-state index < -0.39 is 0 Å². The van der Waals surface area contributed by atoms with E-state index in [9.17, 15) is 0 Å². The summed E-state index contributed by atoms with van der Waals surface area (Å²) < 4.78 is 0. The van der Waals surface area contributed by atoms with E-state index in [0.717, 1.165) is 0 Å². The van der Waals surface area contributed by atoms with Crippen LogP contribution in [0.3, 0.4) is 0 Å². The molecule has 0 aromatic carbocycles. The van der Waals surface area contributed by atoms with E-state index in [-0.39, 0.29) is 64.8 Å². The van der Waals surface area contributed by atoms with Crippen molar-refractivity contribution in [2.45, 2.75) is 0 Å². The zero-order valence-electron chi connectivity index (χ0n) is 2.81. The number of hydrogen-bond acceptors (Lipinski definition) is 0. The van der Waals surface area contributed by atoms with Gasteiger partial charge in [0.1, 0.15) is 0 Å². The van der Waals surface area contributed by atoms with Gasteiger partial charge in [-0.2, -0.15) is 0 Å². The van der Waals surface area contributed by atoms with Gasteiger partial charge < -0.3 is 33.7 Å². The molecule has 0 fully saturated rings. The first kappa shape index (κ1) is 104. The molecule has 0 aromatic heterocycles. The van der Waals surface area contributed by atoms with Crippen LogP contribution in [0.1, 0.15) is 0 Å². The van der Waals surface area contributed by atoms with E-state index >= 15 is 0 Å².